The lowest BCUT2D eigenvalue weighted by Gasteiger charge is -2.23. The van der Waals surface area contributed by atoms with Gasteiger partial charge in [-0.25, -0.2) is 4.98 Å². The standard InChI is InChI=1S/C10H14N4O3/c11-9-4-3-8(14(16)17)10(12-9)13-5-1-2-7(13)6-15/h3-4,7,15H,1-2,5-6H2,(H2,11,12). The molecule has 1 aromatic heterocycles. The highest BCUT2D eigenvalue weighted by Gasteiger charge is 2.30. The van der Waals surface area contributed by atoms with E-state index in [9.17, 15) is 15.2 Å². The molecular formula is C10H14N4O3. The highest BCUT2D eigenvalue weighted by molar-refractivity contribution is 5.62. The Hall–Kier alpha value is -1.89. The summed E-state index contributed by atoms with van der Waals surface area (Å²) in [7, 11) is 0. The molecule has 0 amide bonds. The van der Waals surface area contributed by atoms with Crippen molar-refractivity contribution in [2.24, 2.45) is 0 Å². The molecule has 0 bridgehead atoms. The zero-order valence-electron chi connectivity index (χ0n) is 9.24. The minimum absolute atomic E-state index is 0.0341. The van der Waals surface area contributed by atoms with Crippen LogP contribution in [0.3, 0.4) is 0 Å². The molecule has 17 heavy (non-hydrogen) atoms. The van der Waals surface area contributed by atoms with Crippen molar-refractivity contribution in [3.8, 4) is 0 Å². The van der Waals surface area contributed by atoms with Gasteiger partial charge in [0.2, 0.25) is 5.82 Å². The third-order valence-corrected chi connectivity index (χ3v) is 2.93. The Balaban J connectivity index is 2.42. The van der Waals surface area contributed by atoms with E-state index in [2.05, 4.69) is 4.98 Å². The predicted molar refractivity (Wildman–Crippen MR) is 62.8 cm³/mol. The van der Waals surface area contributed by atoms with E-state index in [0.717, 1.165) is 12.8 Å². The number of nitrogens with zero attached hydrogens (tertiary/aromatic N) is 3. The highest BCUT2D eigenvalue weighted by atomic mass is 16.6. The van der Waals surface area contributed by atoms with Gasteiger partial charge in [-0.1, -0.05) is 0 Å². The van der Waals surface area contributed by atoms with Crippen LogP contribution in [0.5, 0.6) is 0 Å². The maximum atomic E-state index is 10.9. The molecule has 7 nitrogen and oxygen atoms in total. The van der Waals surface area contributed by atoms with Gasteiger partial charge in [-0.2, -0.15) is 0 Å². The third-order valence-electron chi connectivity index (χ3n) is 2.93. The first-order chi connectivity index (χ1) is 8.13. The van der Waals surface area contributed by atoms with E-state index < -0.39 is 4.92 Å². The van der Waals surface area contributed by atoms with Crippen LogP contribution in [0.25, 0.3) is 0 Å². The zero-order valence-corrected chi connectivity index (χ0v) is 9.24. The van der Waals surface area contributed by atoms with E-state index >= 15 is 0 Å². The summed E-state index contributed by atoms with van der Waals surface area (Å²) in [6, 6.07) is 2.65. The number of nitrogen functional groups attached to an aromatic ring is 1. The van der Waals surface area contributed by atoms with Crippen molar-refractivity contribution < 1.29 is 10.0 Å². The van der Waals surface area contributed by atoms with Crippen molar-refractivity contribution in [3.05, 3.63) is 22.2 Å². The first kappa shape index (κ1) is 11.6. The molecule has 2 rings (SSSR count). The smallest absolute Gasteiger partial charge is 0.311 e. The lowest BCUT2D eigenvalue weighted by Crippen LogP contribution is -2.33. The quantitative estimate of drug-likeness (QED) is 0.588. The van der Waals surface area contributed by atoms with Gasteiger partial charge in [0.15, 0.2) is 0 Å². The number of aliphatic hydroxyl groups excluding tert-OH is 1. The van der Waals surface area contributed by atoms with Crippen molar-refractivity contribution in [1.82, 2.24) is 4.98 Å². The Kier molecular flexibility index (Phi) is 3.10. The summed E-state index contributed by atoms with van der Waals surface area (Å²) in [5, 5.41) is 20.1. The van der Waals surface area contributed by atoms with E-state index in [4.69, 9.17) is 5.73 Å². The zero-order chi connectivity index (χ0) is 12.4. The van der Waals surface area contributed by atoms with E-state index in [-0.39, 0.29) is 30.0 Å². The molecule has 7 heteroatoms. The summed E-state index contributed by atoms with van der Waals surface area (Å²) in [5.74, 6) is 0.501. The molecule has 0 aromatic carbocycles. The van der Waals surface area contributed by atoms with Crippen molar-refractivity contribution in [2.45, 2.75) is 18.9 Å². The van der Waals surface area contributed by atoms with Crippen LogP contribution in [-0.4, -0.2) is 34.2 Å². The fourth-order valence-electron chi connectivity index (χ4n) is 2.11. The van der Waals surface area contributed by atoms with E-state index in [0.29, 0.717) is 6.54 Å². The Morgan fingerprint density at radius 3 is 3.06 bits per heavy atom. The summed E-state index contributed by atoms with van der Waals surface area (Å²) in [4.78, 5) is 16.2. The molecule has 1 aromatic rings. The number of aromatic nitrogens is 1. The van der Waals surface area contributed by atoms with Crippen molar-refractivity contribution >= 4 is 17.3 Å². The van der Waals surface area contributed by atoms with Gasteiger partial charge in [0.05, 0.1) is 17.6 Å². The molecular weight excluding hydrogens is 224 g/mol. The van der Waals surface area contributed by atoms with E-state index in [1.54, 1.807) is 4.90 Å². The van der Waals surface area contributed by atoms with Gasteiger partial charge >= 0.3 is 5.69 Å². The Morgan fingerprint density at radius 2 is 2.41 bits per heavy atom. The molecule has 1 aliphatic rings. The number of nitrogens with two attached hydrogens (primary N) is 1. The van der Waals surface area contributed by atoms with Crippen LogP contribution in [0, 0.1) is 10.1 Å². The second kappa shape index (κ2) is 4.54. The Morgan fingerprint density at radius 1 is 1.65 bits per heavy atom. The molecule has 0 radical (unpaired) electrons. The first-order valence-corrected chi connectivity index (χ1v) is 5.42. The fourth-order valence-corrected chi connectivity index (χ4v) is 2.11. The highest BCUT2D eigenvalue weighted by Crippen LogP contribution is 2.32. The average molecular weight is 238 g/mol. The summed E-state index contributed by atoms with van der Waals surface area (Å²) in [6.07, 6.45) is 1.70. The molecule has 1 fully saturated rings. The SMILES string of the molecule is Nc1ccc([N+](=O)[O-])c(N2CCCC2CO)n1. The molecule has 3 N–H and O–H groups in total. The Labute approximate surface area is 98.0 Å². The molecule has 0 aliphatic carbocycles. The largest absolute Gasteiger partial charge is 0.394 e. The van der Waals surface area contributed by atoms with Crippen LogP contribution in [-0.2, 0) is 0 Å². The predicted octanol–water partition coefficient (Wildman–Crippen LogP) is 0.533. The minimum atomic E-state index is -0.478. The van der Waals surface area contributed by atoms with Crippen LogP contribution in [0.2, 0.25) is 0 Å². The van der Waals surface area contributed by atoms with Crippen LogP contribution in [0.15, 0.2) is 12.1 Å². The van der Waals surface area contributed by atoms with Gasteiger partial charge in [-0.15, -0.1) is 0 Å². The molecule has 1 aliphatic heterocycles. The number of hydrogen-bond acceptors (Lipinski definition) is 6. The number of hydrogen-bond donors (Lipinski definition) is 2. The van der Waals surface area contributed by atoms with Crippen LogP contribution in [0.1, 0.15) is 12.8 Å². The summed E-state index contributed by atoms with van der Waals surface area (Å²) >= 11 is 0. The van der Waals surface area contributed by atoms with Gasteiger partial charge in [-0.3, -0.25) is 10.1 Å². The summed E-state index contributed by atoms with van der Waals surface area (Å²) in [5.41, 5.74) is 5.49. The first-order valence-electron chi connectivity index (χ1n) is 5.42. The van der Waals surface area contributed by atoms with Gasteiger partial charge < -0.3 is 15.7 Å². The second-order valence-corrected chi connectivity index (χ2v) is 4.01. The lowest BCUT2D eigenvalue weighted by atomic mass is 10.2. The number of rotatable bonds is 3. The monoisotopic (exact) mass is 238 g/mol. The van der Waals surface area contributed by atoms with Crippen molar-refractivity contribution in [2.75, 3.05) is 23.8 Å². The number of pyridine rings is 1. The summed E-state index contributed by atoms with van der Waals surface area (Å²) < 4.78 is 0. The average Bonchev–Trinajstić information content (AvgIpc) is 2.76. The normalized spacial score (nSPS) is 19.6. The van der Waals surface area contributed by atoms with Crippen LogP contribution >= 0.6 is 0 Å². The van der Waals surface area contributed by atoms with Crippen LogP contribution in [0.4, 0.5) is 17.3 Å². The third kappa shape index (κ3) is 2.14. The van der Waals surface area contributed by atoms with Crippen LogP contribution < -0.4 is 10.6 Å². The van der Waals surface area contributed by atoms with Gasteiger partial charge in [-0.05, 0) is 18.9 Å². The molecule has 1 saturated heterocycles. The molecule has 0 spiro atoms. The maximum absolute atomic E-state index is 10.9. The molecule has 2 heterocycles. The topological polar surface area (TPSA) is 106 Å². The number of nitro groups is 1. The van der Waals surface area contributed by atoms with Gasteiger partial charge in [0.1, 0.15) is 5.82 Å². The van der Waals surface area contributed by atoms with E-state index in [1.807, 2.05) is 0 Å². The van der Waals surface area contributed by atoms with Crippen molar-refractivity contribution in [3.63, 3.8) is 0 Å². The fraction of sp³-hybridized carbons (Fsp3) is 0.500. The maximum Gasteiger partial charge on any atom is 0.311 e. The van der Waals surface area contributed by atoms with Gasteiger partial charge in [0.25, 0.3) is 0 Å². The summed E-state index contributed by atoms with van der Waals surface area (Å²) in [6.45, 7) is 0.621. The molecule has 0 saturated carbocycles. The number of aliphatic hydroxyl groups is 1. The molecule has 1 atom stereocenters. The minimum Gasteiger partial charge on any atom is -0.394 e. The number of anilines is 2. The lowest BCUT2D eigenvalue weighted by molar-refractivity contribution is -0.384. The Bertz CT molecular complexity index is 438. The second-order valence-electron chi connectivity index (χ2n) is 4.01. The molecule has 1 unspecified atom stereocenters. The molecule has 92 valence electrons. The van der Waals surface area contributed by atoms with E-state index in [1.165, 1.54) is 12.1 Å². The van der Waals surface area contributed by atoms with Gasteiger partial charge in [0, 0.05) is 12.6 Å². The van der Waals surface area contributed by atoms with Crippen molar-refractivity contribution in [1.29, 1.82) is 0 Å².